The number of nitrogens with zero attached hydrogens (tertiary/aromatic N) is 1. The van der Waals surface area contributed by atoms with Gasteiger partial charge in [0, 0.05) is 12.5 Å². The summed E-state index contributed by atoms with van der Waals surface area (Å²) in [6.07, 6.45) is 8.35. The lowest BCUT2D eigenvalue weighted by molar-refractivity contribution is -0.119. The summed E-state index contributed by atoms with van der Waals surface area (Å²) in [6, 6.07) is 0.647. The lowest BCUT2D eigenvalue weighted by Crippen LogP contribution is -2.42. The molecule has 0 spiro atoms. The fourth-order valence-electron chi connectivity index (χ4n) is 3.24. The second-order valence-electron chi connectivity index (χ2n) is 5.03. The maximum atomic E-state index is 11.0. The lowest BCUT2D eigenvalue weighted by atomic mass is 9.81. The van der Waals surface area contributed by atoms with Gasteiger partial charge >= 0.3 is 0 Å². The summed E-state index contributed by atoms with van der Waals surface area (Å²) in [7, 11) is 0. The van der Waals surface area contributed by atoms with Gasteiger partial charge in [-0.2, -0.15) is 0 Å². The molecule has 0 aromatic carbocycles. The minimum Gasteiger partial charge on any atom is -0.370 e. The summed E-state index contributed by atoms with van der Waals surface area (Å²) in [5, 5.41) is 0. The molecule has 1 heterocycles. The van der Waals surface area contributed by atoms with Gasteiger partial charge in [-0.3, -0.25) is 4.79 Å². The Morgan fingerprint density at radius 3 is 2.38 bits per heavy atom. The molecule has 1 saturated carbocycles. The number of primary amides is 1. The number of hydrogen-bond acceptors (Lipinski definition) is 2. The van der Waals surface area contributed by atoms with Gasteiger partial charge < -0.3 is 10.6 Å². The van der Waals surface area contributed by atoms with Gasteiger partial charge in [0.25, 0.3) is 0 Å². The van der Waals surface area contributed by atoms with Gasteiger partial charge in [0.15, 0.2) is 0 Å². The van der Waals surface area contributed by atoms with Crippen LogP contribution >= 0.6 is 12.4 Å². The smallest absolute Gasteiger partial charge is 0.217 e. The van der Waals surface area contributed by atoms with Gasteiger partial charge in [0.05, 0.1) is 0 Å². The van der Waals surface area contributed by atoms with Crippen molar-refractivity contribution in [3.8, 4) is 0 Å². The van der Waals surface area contributed by atoms with Crippen molar-refractivity contribution in [3.63, 3.8) is 0 Å². The number of hydrogen-bond donors (Lipinski definition) is 1. The number of carbonyl (C=O) groups is 1. The molecule has 2 N–H and O–H groups in total. The van der Waals surface area contributed by atoms with Crippen LogP contribution in [0.1, 0.15) is 44.9 Å². The van der Waals surface area contributed by atoms with Crippen LogP contribution in [0.4, 0.5) is 0 Å². The number of likely N-dealkylation sites (tertiary alicyclic amines) is 1. The highest BCUT2D eigenvalue weighted by molar-refractivity contribution is 5.85. The van der Waals surface area contributed by atoms with Crippen molar-refractivity contribution in [1.82, 2.24) is 4.90 Å². The number of rotatable bonds is 3. The number of carbonyl (C=O) groups excluding carboxylic acids is 1. The molecule has 0 aromatic rings. The van der Waals surface area contributed by atoms with E-state index >= 15 is 0 Å². The van der Waals surface area contributed by atoms with Gasteiger partial charge in [0.2, 0.25) is 5.91 Å². The highest BCUT2D eigenvalue weighted by Crippen LogP contribution is 2.32. The standard InChI is InChI=1S/C12H22N2O.ClH/c13-12(15)9-10-5-1-2-6-11(10)14-7-3-4-8-14;/h10-11H,1-9H2,(H2,13,15);1H. The SMILES string of the molecule is Cl.NC(=O)CC1CCCCC1N1CCCC1. The molecule has 1 aliphatic carbocycles. The van der Waals surface area contributed by atoms with Crippen LogP contribution in [-0.2, 0) is 4.79 Å². The van der Waals surface area contributed by atoms with Crippen molar-refractivity contribution in [2.24, 2.45) is 11.7 Å². The molecular formula is C12H23ClN2O. The Balaban J connectivity index is 0.00000128. The summed E-state index contributed by atoms with van der Waals surface area (Å²) < 4.78 is 0. The van der Waals surface area contributed by atoms with Crippen LogP contribution in [0.25, 0.3) is 0 Å². The zero-order chi connectivity index (χ0) is 10.7. The van der Waals surface area contributed by atoms with Gasteiger partial charge in [-0.25, -0.2) is 0 Å². The minimum atomic E-state index is -0.119. The van der Waals surface area contributed by atoms with Gasteiger partial charge in [0.1, 0.15) is 0 Å². The van der Waals surface area contributed by atoms with Gasteiger partial charge in [-0.05, 0) is 44.7 Å². The Morgan fingerprint density at radius 2 is 1.75 bits per heavy atom. The summed E-state index contributed by atoms with van der Waals surface area (Å²) in [6.45, 7) is 2.47. The molecule has 3 nitrogen and oxygen atoms in total. The van der Waals surface area contributed by atoms with Crippen molar-refractivity contribution in [2.75, 3.05) is 13.1 Å². The summed E-state index contributed by atoms with van der Waals surface area (Å²) in [5.74, 6) is 0.417. The maximum absolute atomic E-state index is 11.0. The monoisotopic (exact) mass is 246 g/mol. The molecule has 0 bridgehead atoms. The Kier molecular flexibility index (Phi) is 5.56. The van der Waals surface area contributed by atoms with Gasteiger partial charge in [-0.15, -0.1) is 12.4 Å². The molecule has 1 saturated heterocycles. The first kappa shape index (κ1) is 13.8. The second-order valence-corrected chi connectivity index (χ2v) is 5.03. The summed E-state index contributed by atoms with van der Waals surface area (Å²) >= 11 is 0. The van der Waals surface area contributed by atoms with Crippen molar-refractivity contribution in [1.29, 1.82) is 0 Å². The fourth-order valence-corrected chi connectivity index (χ4v) is 3.24. The average molecular weight is 247 g/mol. The second kappa shape index (κ2) is 6.45. The van der Waals surface area contributed by atoms with Crippen molar-refractivity contribution in [3.05, 3.63) is 0 Å². The minimum absolute atomic E-state index is 0. The number of halogens is 1. The first-order valence-electron chi connectivity index (χ1n) is 6.30. The largest absolute Gasteiger partial charge is 0.370 e. The van der Waals surface area contributed by atoms with E-state index in [2.05, 4.69) is 4.90 Å². The Bertz CT molecular complexity index is 229. The van der Waals surface area contributed by atoms with E-state index in [9.17, 15) is 4.79 Å². The van der Waals surface area contributed by atoms with E-state index in [1.54, 1.807) is 0 Å². The van der Waals surface area contributed by atoms with Crippen molar-refractivity contribution >= 4 is 18.3 Å². The Labute approximate surface area is 104 Å². The molecule has 1 amide bonds. The molecule has 0 aromatic heterocycles. The molecule has 16 heavy (non-hydrogen) atoms. The van der Waals surface area contributed by atoms with Crippen molar-refractivity contribution < 1.29 is 4.79 Å². The van der Waals surface area contributed by atoms with Crippen LogP contribution < -0.4 is 5.73 Å². The fraction of sp³-hybridized carbons (Fsp3) is 0.917. The van der Waals surface area contributed by atoms with Crippen LogP contribution in [0.3, 0.4) is 0 Å². The predicted molar refractivity (Wildman–Crippen MR) is 67.6 cm³/mol. The lowest BCUT2D eigenvalue weighted by Gasteiger charge is -2.37. The molecule has 2 rings (SSSR count). The van der Waals surface area contributed by atoms with Crippen LogP contribution in [0.5, 0.6) is 0 Å². The maximum Gasteiger partial charge on any atom is 0.217 e. The molecular weight excluding hydrogens is 224 g/mol. The zero-order valence-electron chi connectivity index (χ0n) is 9.86. The molecule has 0 radical (unpaired) electrons. The van der Waals surface area contributed by atoms with Gasteiger partial charge in [-0.1, -0.05) is 12.8 Å². The molecule has 4 heteroatoms. The quantitative estimate of drug-likeness (QED) is 0.827. The van der Waals surface area contributed by atoms with E-state index < -0.39 is 0 Å². The molecule has 1 aliphatic heterocycles. The first-order valence-corrected chi connectivity index (χ1v) is 6.30. The van der Waals surface area contributed by atoms with Crippen molar-refractivity contribution in [2.45, 2.75) is 51.0 Å². The Hall–Kier alpha value is -0.280. The topological polar surface area (TPSA) is 46.3 Å². The molecule has 2 atom stereocenters. The first-order chi connectivity index (χ1) is 7.27. The molecule has 2 aliphatic rings. The summed E-state index contributed by atoms with van der Waals surface area (Å²) in [4.78, 5) is 13.6. The van der Waals surface area contributed by atoms with Crippen LogP contribution in [0.2, 0.25) is 0 Å². The molecule has 94 valence electrons. The van der Waals surface area contributed by atoms with E-state index in [0.717, 1.165) is 0 Å². The van der Waals surface area contributed by atoms with E-state index in [-0.39, 0.29) is 18.3 Å². The van der Waals surface area contributed by atoms with Crippen LogP contribution in [-0.4, -0.2) is 29.9 Å². The average Bonchev–Trinajstić information content (AvgIpc) is 2.70. The number of nitrogens with two attached hydrogens (primary N) is 1. The van der Waals surface area contributed by atoms with E-state index in [4.69, 9.17) is 5.73 Å². The third-order valence-corrected chi connectivity index (χ3v) is 3.94. The van der Waals surface area contributed by atoms with Crippen LogP contribution in [0.15, 0.2) is 0 Å². The predicted octanol–water partition coefficient (Wildman–Crippen LogP) is 1.94. The Morgan fingerprint density at radius 1 is 1.12 bits per heavy atom. The van der Waals surface area contributed by atoms with E-state index in [1.165, 1.54) is 51.6 Å². The summed E-state index contributed by atoms with van der Waals surface area (Å²) in [5.41, 5.74) is 5.33. The van der Waals surface area contributed by atoms with Crippen LogP contribution in [0, 0.1) is 5.92 Å². The zero-order valence-corrected chi connectivity index (χ0v) is 10.7. The normalized spacial score (nSPS) is 31.0. The third-order valence-electron chi connectivity index (χ3n) is 3.94. The highest BCUT2D eigenvalue weighted by atomic mass is 35.5. The molecule has 2 fully saturated rings. The van der Waals surface area contributed by atoms with E-state index in [0.29, 0.717) is 18.4 Å². The highest BCUT2D eigenvalue weighted by Gasteiger charge is 2.32. The van der Waals surface area contributed by atoms with E-state index in [1.807, 2.05) is 0 Å². The number of amides is 1. The molecule has 2 unspecified atom stereocenters. The third kappa shape index (κ3) is 3.36.